The SMILES string of the molecule is CCCc1ccc(S(=O)(=O)N2CCc3sccc3C2)cc1. The number of rotatable bonds is 4. The van der Waals surface area contributed by atoms with Gasteiger partial charge in [0.2, 0.25) is 10.0 Å². The van der Waals surface area contributed by atoms with Gasteiger partial charge in [0.1, 0.15) is 0 Å². The lowest BCUT2D eigenvalue weighted by Gasteiger charge is -2.26. The first-order valence-corrected chi connectivity index (χ1v) is 9.57. The van der Waals surface area contributed by atoms with Crippen molar-refractivity contribution < 1.29 is 8.42 Å². The van der Waals surface area contributed by atoms with E-state index >= 15 is 0 Å². The summed E-state index contributed by atoms with van der Waals surface area (Å²) >= 11 is 1.72. The lowest BCUT2D eigenvalue weighted by atomic mass is 10.1. The summed E-state index contributed by atoms with van der Waals surface area (Å²) in [6.07, 6.45) is 2.88. The summed E-state index contributed by atoms with van der Waals surface area (Å²) in [6, 6.07) is 9.37. The highest BCUT2D eigenvalue weighted by Gasteiger charge is 2.28. The van der Waals surface area contributed by atoms with E-state index in [0.29, 0.717) is 18.0 Å². The first-order valence-electron chi connectivity index (χ1n) is 7.25. The van der Waals surface area contributed by atoms with Crippen LogP contribution in [-0.4, -0.2) is 19.3 Å². The van der Waals surface area contributed by atoms with Gasteiger partial charge in [-0.1, -0.05) is 25.5 Å². The highest BCUT2D eigenvalue weighted by Crippen LogP contribution is 2.28. The molecule has 0 N–H and O–H groups in total. The van der Waals surface area contributed by atoms with Gasteiger partial charge in [-0.3, -0.25) is 0 Å². The largest absolute Gasteiger partial charge is 0.243 e. The highest BCUT2D eigenvalue weighted by atomic mass is 32.2. The smallest absolute Gasteiger partial charge is 0.207 e. The van der Waals surface area contributed by atoms with Gasteiger partial charge in [-0.05, 0) is 47.5 Å². The Hall–Kier alpha value is -1.17. The van der Waals surface area contributed by atoms with E-state index in [1.807, 2.05) is 23.6 Å². The maximum absolute atomic E-state index is 12.7. The monoisotopic (exact) mass is 321 g/mol. The highest BCUT2D eigenvalue weighted by molar-refractivity contribution is 7.89. The Kier molecular flexibility index (Phi) is 4.15. The number of benzene rings is 1. The summed E-state index contributed by atoms with van der Waals surface area (Å²) in [5, 5.41) is 2.04. The second kappa shape index (κ2) is 5.91. The molecule has 0 saturated heterocycles. The molecule has 112 valence electrons. The van der Waals surface area contributed by atoms with Crippen LogP contribution >= 0.6 is 11.3 Å². The van der Waals surface area contributed by atoms with Crippen molar-refractivity contribution in [1.82, 2.24) is 4.31 Å². The number of hydrogen-bond donors (Lipinski definition) is 0. The molecule has 0 spiro atoms. The zero-order valence-corrected chi connectivity index (χ0v) is 13.7. The first-order chi connectivity index (χ1) is 10.1. The number of fused-ring (bicyclic) bond motifs is 1. The third-order valence-electron chi connectivity index (χ3n) is 3.87. The molecule has 2 aromatic rings. The topological polar surface area (TPSA) is 37.4 Å². The van der Waals surface area contributed by atoms with Gasteiger partial charge in [-0.2, -0.15) is 4.31 Å². The number of nitrogens with zero attached hydrogens (tertiary/aromatic N) is 1. The fraction of sp³-hybridized carbons (Fsp3) is 0.375. The van der Waals surface area contributed by atoms with E-state index in [1.54, 1.807) is 27.8 Å². The van der Waals surface area contributed by atoms with Crippen LogP contribution in [0, 0.1) is 0 Å². The molecule has 0 bridgehead atoms. The lowest BCUT2D eigenvalue weighted by molar-refractivity contribution is 0.394. The van der Waals surface area contributed by atoms with Gasteiger partial charge in [0.05, 0.1) is 4.90 Å². The van der Waals surface area contributed by atoms with Crippen molar-refractivity contribution in [3.8, 4) is 0 Å². The Labute approximate surface area is 130 Å². The van der Waals surface area contributed by atoms with Gasteiger partial charge in [0.25, 0.3) is 0 Å². The molecule has 21 heavy (non-hydrogen) atoms. The van der Waals surface area contributed by atoms with Crippen LogP contribution in [0.4, 0.5) is 0 Å². The number of sulfonamides is 1. The molecule has 2 heterocycles. The molecule has 5 heteroatoms. The Morgan fingerprint density at radius 3 is 2.67 bits per heavy atom. The van der Waals surface area contributed by atoms with Crippen molar-refractivity contribution in [2.45, 2.75) is 37.6 Å². The van der Waals surface area contributed by atoms with Crippen LogP contribution in [0.1, 0.15) is 29.3 Å². The Bertz CT molecular complexity index is 717. The molecule has 3 rings (SSSR count). The molecule has 1 aromatic heterocycles. The van der Waals surface area contributed by atoms with Crippen LogP contribution in [0.15, 0.2) is 40.6 Å². The summed E-state index contributed by atoms with van der Waals surface area (Å²) < 4.78 is 27.0. The minimum atomic E-state index is -3.38. The average Bonchev–Trinajstić information content (AvgIpc) is 2.95. The van der Waals surface area contributed by atoms with Gasteiger partial charge in [0.15, 0.2) is 0 Å². The van der Waals surface area contributed by atoms with E-state index < -0.39 is 10.0 Å². The molecule has 0 radical (unpaired) electrons. The van der Waals surface area contributed by atoms with Crippen LogP contribution in [0.3, 0.4) is 0 Å². The second-order valence-corrected chi connectivity index (χ2v) is 8.29. The Balaban J connectivity index is 1.84. The lowest BCUT2D eigenvalue weighted by Crippen LogP contribution is -2.35. The van der Waals surface area contributed by atoms with Crippen molar-refractivity contribution in [3.63, 3.8) is 0 Å². The van der Waals surface area contributed by atoms with E-state index in [0.717, 1.165) is 24.8 Å². The second-order valence-electron chi connectivity index (χ2n) is 5.35. The van der Waals surface area contributed by atoms with Crippen LogP contribution in [0.5, 0.6) is 0 Å². The minimum Gasteiger partial charge on any atom is -0.207 e. The molecule has 1 aromatic carbocycles. The molecule has 3 nitrogen and oxygen atoms in total. The summed E-state index contributed by atoms with van der Waals surface area (Å²) in [4.78, 5) is 1.72. The molecular weight excluding hydrogens is 302 g/mol. The van der Waals surface area contributed by atoms with Gasteiger partial charge in [-0.15, -0.1) is 11.3 Å². The predicted octanol–water partition coefficient (Wildman–Crippen LogP) is 3.45. The molecule has 0 fully saturated rings. The maximum Gasteiger partial charge on any atom is 0.243 e. The van der Waals surface area contributed by atoms with Crippen molar-refractivity contribution >= 4 is 21.4 Å². The molecular formula is C16H19NO2S2. The molecule has 1 aliphatic rings. The fourth-order valence-electron chi connectivity index (χ4n) is 2.69. The average molecular weight is 321 g/mol. The minimum absolute atomic E-state index is 0.404. The molecule has 0 amide bonds. The normalized spacial score (nSPS) is 15.9. The van der Waals surface area contributed by atoms with Gasteiger partial charge >= 0.3 is 0 Å². The summed E-state index contributed by atoms with van der Waals surface area (Å²) in [7, 11) is -3.38. The van der Waals surface area contributed by atoms with Crippen molar-refractivity contribution in [2.75, 3.05) is 6.54 Å². The third kappa shape index (κ3) is 2.91. The summed E-state index contributed by atoms with van der Waals surface area (Å²) in [5.41, 5.74) is 2.34. The van der Waals surface area contributed by atoms with Gasteiger partial charge in [0, 0.05) is 18.0 Å². The quantitative estimate of drug-likeness (QED) is 0.865. The van der Waals surface area contributed by atoms with E-state index in [4.69, 9.17) is 0 Å². The van der Waals surface area contributed by atoms with Gasteiger partial charge in [-0.25, -0.2) is 8.42 Å². The summed E-state index contributed by atoms with van der Waals surface area (Å²) in [6.45, 7) is 3.20. The zero-order valence-electron chi connectivity index (χ0n) is 12.1. The number of thiophene rings is 1. The van der Waals surface area contributed by atoms with Crippen LogP contribution < -0.4 is 0 Å². The standard InChI is InChI=1S/C16H19NO2S2/c1-2-3-13-4-6-15(7-5-13)21(18,19)17-10-8-16-14(12-17)9-11-20-16/h4-7,9,11H,2-3,8,10,12H2,1H3. The van der Waals surface area contributed by atoms with E-state index in [9.17, 15) is 8.42 Å². The van der Waals surface area contributed by atoms with Crippen molar-refractivity contribution in [3.05, 3.63) is 51.7 Å². The van der Waals surface area contributed by atoms with Gasteiger partial charge < -0.3 is 0 Å². The van der Waals surface area contributed by atoms with Crippen LogP contribution in [0.2, 0.25) is 0 Å². The van der Waals surface area contributed by atoms with E-state index in [2.05, 4.69) is 6.92 Å². The Morgan fingerprint density at radius 1 is 1.19 bits per heavy atom. The molecule has 0 atom stereocenters. The van der Waals surface area contributed by atoms with E-state index in [1.165, 1.54) is 10.4 Å². The van der Waals surface area contributed by atoms with Crippen molar-refractivity contribution in [2.24, 2.45) is 0 Å². The molecule has 0 saturated carbocycles. The zero-order chi connectivity index (χ0) is 14.9. The number of hydrogen-bond acceptors (Lipinski definition) is 3. The van der Waals surface area contributed by atoms with Crippen molar-refractivity contribution in [1.29, 1.82) is 0 Å². The maximum atomic E-state index is 12.7. The molecule has 0 aliphatic carbocycles. The molecule has 0 unspecified atom stereocenters. The Morgan fingerprint density at radius 2 is 1.95 bits per heavy atom. The third-order valence-corrected chi connectivity index (χ3v) is 6.75. The summed E-state index contributed by atoms with van der Waals surface area (Å²) in [5.74, 6) is 0. The first kappa shape index (κ1) is 14.8. The number of aryl methyl sites for hydroxylation is 1. The van der Waals surface area contributed by atoms with Crippen LogP contribution in [0.25, 0.3) is 0 Å². The fourth-order valence-corrected chi connectivity index (χ4v) is 5.00. The van der Waals surface area contributed by atoms with Crippen LogP contribution in [-0.2, 0) is 29.4 Å². The predicted molar refractivity (Wildman–Crippen MR) is 86.1 cm³/mol. The molecule has 1 aliphatic heterocycles. The van der Waals surface area contributed by atoms with E-state index in [-0.39, 0.29) is 0 Å².